The summed E-state index contributed by atoms with van der Waals surface area (Å²) in [4.78, 5) is 11.7. The molecule has 0 aliphatic carbocycles. The zero-order valence-electron chi connectivity index (χ0n) is 6.93. The minimum absolute atomic E-state index is 0.119. The van der Waals surface area contributed by atoms with Crippen molar-refractivity contribution in [3.8, 4) is 0 Å². The van der Waals surface area contributed by atoms with Gasteiger partial charge in [-0.25, -0.2) is 4.79 Å². The van der Waals surface area contributed by atoms with E-state index in [-0.39, 0.29) is 6.61 Å². The number of carboxylic acids is 1. The van der Waals surface area contributed by atoms with Crippen molar-refractivity contribution in [1.82, 2.24) is 0 Å². The molecule has 1 heterocycles. The lowest BCUT2D eigenvalue weighted by atomic mass is 10.3. The van der Waals surface area contributed by atoms with Gasteiger partial charge in [-0.05, 0) is 24.6 Å². The third-order valence-electron chi connectivity index (χ3n) is 1.42. The average molecular weight is 198 g/mol. The average Bonchev–Trinajstić information content (AvgIpc) is 2.53. The molecule has 0 aliphatic heterocycles. The monoisotopic (exact) mass is 198 g/mol. The van der Waals surface area contributed by atoms with Crippen LogP contribution in [-0.2, 0) is 0 Å². The molecule has 0 aliphatic rings. The summed E-state index contributed by atoms with van der Waals surface area (Å²) >= 11 is 1.22. The number of thiophene rings is 1. The largest absolute Gasteiger partial charge is 0.477 e. The topological polar surface area (TPSA) is 57.5 Å². The molecule has 0 saturated heterocycles. The predicted octanol–water partition coefficient (Wildman–Crippen LogP) is 1.84. The molecule has 0 fully saturated rings. The highest BCUT2D eigenvalue weighted by atomic mass is 32.1. The van der Waals surface area contributed by atoms with Crippen LogP contribution in [-0.4, -0.2) is 22.8 Å². The second kappa shape index (κ2) is 4.79. The summed E-state index contributed by atoms with van der Waals surface area (Å²) in [6.45, 7) is 0.119. The predicted molar refractivity (Wildman–Crippen MR) is 52.0 cm³/mol. The number of aromatic carboxylic acids is 1. The van der Waals surface area contributed by atoms with Crippen LogP contribution in [0, 0.1) is 0 Å². The van der Waals surface area contributed by atoms with E-state index in [2.05, 4.69) is 0 Å². The number of carboxylic acid groups (broad SMARTS) is 1. The number of hydrogen-bond acceptors (Lipinski definition) is 3. The fraction of sp³-hybridized carbons (Fsp3) is 0.222. The van der Waals surface area contributed by atoms with Crippen LogP contribution in [0.4, 0.5) is 0 Å². The molecule has 0 atom stereocenters. The molecule has 0 spiro atoms. The lowest BCUT2D eigenvalue weighted by Crippen LogP contribution is -1.89. The van der Waals surface area contributed by atoms with Gasteiger partial charge in [-0.3, -0.25) is 0 Å². The first-order valence-electron chi connectivity index (χ1n) is 3.84. The highest BCUT2D eigenvalue weighted by Crippen LogP contribution is 2.17. The summed E-state index contributed by atoms with van der Waals surface area (Å²) < 4.78 is 0. The number of hydrogen-bond donors (Lipinski definition) is 2. The first-order chi connectivity index (χ1) is 6.24. The van der Waals surface area contributed by atoms with Crippen LogP contribution in [0.1, 0.15) is 21.0 Å². The summed E-state index contributed by atoms with van der Waals surface area (Å²) in [6.07, 6.45) is 4.23. The number of carbonyl (C=O) groups is 1. The van der Waals surface area contributed by atoms with E-state index in [0.29, 0.717) is 11.3 Å². The Bertz CT molecular complexity index is 314. The summed E-state index contributed by atoms with van der Waals surface area (Å²) in [7, 11) is 0. The van der Waals surface area contributed by atoms with E-state index in [9.17, 15) is 4.79 Å². The molecule has 0 bridgehead atoms. The Morgan fingerprint density at radius 2 is 2.31 bits per heavy atom. The van der Waals surface area contributed by atoms with Crippen LogP contribution in [0.5, 0.6) is 0 Å². The zero-order chi connectivity index (χ0) is 9.68. The lowest BCUT2D eigenvalue weighted by molar-refractivity contribution is 0.0702. The summed E-state index contributed by atoms with van der Waals surface area (Å²) in [5.41, 5.74) is 0. The number of rotatable bonds is 4. The van der Waals surface area contributed by atoms with Gasteiger partial charge in [0.15, 0.2) is 0 Å². The van der Waals surface area contributed by atoms with E-state index in [0.717, 1.165) is 4.88 Å². The van der Waals surface area contributed by atoms with E-state index in [1.807, 2.05) is 12.2 Å². The molecule has 1 rings (SSSR count). The van der Waals surface area contributed by atoms with Crippen molar-refractivity contribution in [3.63, 3.8) is 0 Å². The van der Waals surface area contributed by atoms with Crippen LogP contribution in [0.2, 0.25) is 0 Å². The number of aliphatic hydroxyl groups excluding tert-OH is 1. The van der Waals surface area contributed by atoms with Gasteiger partial charge in [-0.15, -0.1) is 11.3 Å². The lowest BCUT2D eigenvalue weighted by Gasteiger charge is -1.84. The molecule has 3 nitrogen and oxygen atoms in total. The summed E-state index contributed by atoms with van der Waals surface area (Å²) in [5.74, 6) is -0.896. The van der Waals surface area contributed by atoms with Gasteiger partial charge in [0.25, 0.3) is 0 Å². The Morgan fingerprint density at radius 3 is 2.85 bits per heavy atom. The van der Waals surface area contributed by atoms with Gasteiger partial charge >= 0.3 is 5.97 Å². The van der Waals surface area contributed by atoms with Crippen LogP contribution < -0.4 is 0 Å². The van der Waals surface area contributed by atoms with Gasteiger partial charge < -0.3 is 10.2 Å². The molecular formula is C9H10O3S. The standard InChI is InChI=1S/C9H10O3S/c10-6-2-1-3-7-4-5-8(13-7)9(11)12/h1,3-5,10H,2,6H2,(H,11,12). The van der Waals surface area contributed by atoms with Crippen LogP contribution in [0.15, 0.2) is 18.2 Å². The summed E-state index contributed by atoms with van der Waals surface area (Å²) in [5, 5.41) is 17.1. The van der Waals surface area contributed by atoms with Gasteiger partial charge in [0.2, 0.25) is 0 Å². The normalized spacial score (nSPS) is 10.8. The third kappa shape index (κ3) is 3.01. The van der Waals surface area contributed by atoms with Gasteiger partial charge in [0, 0.05) is 11.5 Å². The van der Waals surface area contributed by atoms with Crippen molar-refractivity contribution in [3.05, 3.63) is 28.0 Å². The Labute approximate surface area is 80.0 Å². The second-order valence-electron chi connectivity index (χ2n) is 2.42. The molecule has 1 aromatic heterocycles. The van der Waals surface area contributed by atoms with Crippen LogP contribution in [0.25, 0.3) is 6.08 Å². The maximum atomic E-state index is 10.5. The smallest absolute Gasteiger partial charge is 0.345 e. The molecule has 0 unspecified atom stereocenters. The molecule has 0 radical (unpaired) electrons. The van der Waals surface area contributed by atoms with Crippen molar-refractivity contribution in [1.29, 1.82) is 0 Å². The molecule has 0 aromatic carbocycles. The first-order valence-corrected chi connectivity index (χ1v) is 4.66. The Balaban J connectivity index is 2.64. The molecule has 70 valence electrons. The van der Waals surface area contributed by atoms with Crippen LogP contribution in [0.3, 0.4) is 0 Å². The minimum Gasteiger partial charge on any atom is -0.477 e. The van der Waals surface area contributed by atoms with E-state index in [1.54, 1.807) is 12.1 Å². The van der Waals surface area contributed by atoms with Crippen molar-refractivity contribution >= 4 is 23.4 Å². The van der Waals surface area contributed by atoms with Crippen LogP contribution >= 0.6 is 11.3 Å². The Morgan fingerprint density at radius 1 is 1.54 bits per heavy atom. The van der Waals surface area contributed by atoms with Crippen molar-refractivity contribution in [2.24, 2.45) is 0 Å². The van der Waals surface area contributed by atoms with Crippen molar-refractivity contribution < 1.29 is 15.0 Å². The second-order valence-corrected chi connectivity index (χ2v) is 3.54. The quantitative estimate of drug-likeness (QED) is 0.776. The molecule has 1 aromatic rings. The van der Waals surface area contributed by atoms with E-state index in [1.165, 1.54) is 11.3 Å². The van der Waals surface area contributed by atoms with Gasteiger partial charge in [0.05, 0.1) is 0 Å². The van der Waals surface area contributed by atoms with E-state index < -0.39 is 5.97 Å². The Hall–Kier alpha value is -1.13. The van der Waals surface area contributed by atoms with Gasteiger partial charge in [0.1, 0.15) is 4.88 Å². The molecule has 0 amide bonds. The fourth-order valence-electron chi connectivity index (χ4n) is 0.831. The number of aliphatic hydroxyl groups is 1. The maximum absolute atomic E-state index is 10.5. The zero-order valence-corrected chi connectivity index (χ0v) is 7.75. The summed E-state index contributed by atoms with van der Waals surface area (Å²) in [6, 6.07) is 3.33. The van der Waals surface area contributed by atoms with E-state index >= 15 is 0 Å². The van der Waals surface area contributed by atoms with Crippen molar-refractivity contribution in [2.75, 3.05) is 6.61 Å². The maximum Gasteiger partial charge on any atom is 0.345 e. The highest BCUT2D eigenvalue weighted by molar-refractivity contribution is 7.14. The molecular weight excluding hydrogens is 188 g/mol. The van der Waals surface area contributed by atoms with E-state index in [4.69, 9.17) is 10.2 Å². The molecule has 13 heavy (non-hydrogen) atoms. The third-order valence-corrected chi connectivity index (χ3v) is 2.45. The Kier molecular flexibility index (Phi) is 3.67. The highest BCUT2D eigenvalue weighted by Gasteiger charge is 2.04. The van der Waals surface area contributed by atoms with Gasteiger partial charge in [-0.1, -0.05) is 6.08 Å². The SMILES string of the molecule is O=C(O)c1ccc(C=CCCO)s1. The van der Waals surface area contributed by atoms with Crippen molar-refractivity contribution in [2.45, 2.75) is 6.42 Å². The minimum atomic E-state index is -0.896. The first kappa shape index (κ1) is 9.95. The fourth-order valence-corrected chi connectivity index (χ4v) is 1.61. The molecule has 0 saturated carbocycles. The van der Waals surface area contributed by atoms with Gasteiger partial charge in [-0.2, -0.15) is 0 Å². The molecule has 4 heteroatoms. The molecule has 2 N–H and O–H groups in total.